The molecule has 0 heterocycles. The number of aliphatic hydroxyl groups is 1. The van der Waals surface area contributed by atoms with E-state index in [9.17, 15) is 9.59 Å². The molecule has 0 saturated carbocycles. The predicted octanol–water partition coefficient (Wildman–Crippen LogP) is -0.584. The van der Waals surface area contributed by atoms with Gasteiger partial charge in [0.2, 0.25) is 0 Å². The van der Waals surface area contributed by atoms with Gasteiger partial charge in [-0.25, -0.2) is 0 Å². The first-order valence-electron chi connectivity index (χ1n) is 5.86. The summed E-state index contributed by atoms with van der Waals surface area (Å²) in [5, 5.41) is 13.4. The highest BCUT2D eigenvalue weighted by Gasteiger charge is 2.11. The molecular formula is C11H22N2O4. The number of nitrogens with one attached hydrogen (secondary N) is 2. The number of carbonyl (C=O) groups excluding carboxylic acids is 2. The van der Waals surface area contributed by atoms with Gasteiger partial charge in [-0.1, -0.05) is 0 Å². The third kappa shape index (κ3) is 9.77. The Hall–Kier alpha value is -1.14. The van der Waals surface area contributed by atoms with Crippen LogP contribution >= 0.6 is 0 Å². The zero-order valence-electron chi connectivity index (χ0n) is 10.5. The molecule has 0 aromatic carbocycles. The van der Waals surface area contributed by atoms with Crippen molar-refractivity contribution in [1.29, 1.82) is 0 Å². The summed E-state index contributed by atoms with van der Waals surface area (Å²) in [6.07, 6.45) is 1.29. The molecule has 0 fully saturated rings. The fraction of sp³-hybridized carbons (Fsp3) is 0.818. The summed E-state index contributed by atoms with van der Waals surface area (Å²) < 4.78 is 5.28. The highest BCUT2D eigenvalue weighted by molar-refractivity contribution is 6.35. The molecule has 2 amide bonds. The first-order chi connectivity index (χ1) is 8.07. The van der Waals surface area contributed by atoms with Gasteiger partial charge in [-0.2, -0.15) is 0 Å². The second-order valence-corrected chi connectivity index (χ2v) is 3.86. The summed E-state index contributed by atoms with van der Waals surface area (Å²) in [6, 6.07) is 0. The number of hydrogen-bond donors (Lipinski definition) is 3. The van der Waals surface area contributed by atoms with Crippen molar-refractivity contribution in [3.8, 4) is 0 Å². The van der Waals surface area contributed by atoms with Crippen LogP contribution < -0.4 is 10.6 Å². The van der Waals surface area contributed by atoms with Crippen molar-refractivity contribution < 1.29 is 19.4 Å². The Morgan fingerprint density at radius 1 is 1.12 bits per heavy atom. The second-order valence-electron chi connectivity index (χ2n) is 3.86. The summed E-state index contributed by atoms with van der Waals surface area (Å²) in [7, 11) is 0. The number of rotatable bonds is 8. The topological polar surface area (TPSA) is 87.7 Å². The van der Waals surface area contributed by atoms with Crippen molar-refractivity contribution in [2.45, 2.75) is 32.8 Å². The molecule has 100 valence electrons. The van der Waals surface area contributed by atoms with E-state index in [1.165, 1.54) is 0 Å². The summed E-state index contributed by atoms with van der Waals surface area (Å²) in [5.74, 6) is -1.31. The molecule has 0 radical (unpaired) electrons. The summed E-state index contributed by atoms with van der Waals surface area (Å²) in [6.45, 7) is 5.15. The van der Waals surface area contributed by atoms with Gasteiger partial charge in [-0.05, 0) is 26.7 Å². The van der Waals surface area contributed by atoms with Gasteiger partial charge < -0.3 is 20.5 Å². The van der Waals surface area contributed by atoms with E-state index in [2.05, 4.69) is 10.6 Å². The van der Waals surface area contributed by atoms with Crippen molar-refractivity contribution in [2.75, 3.05) is 26.3 Å². The smallest absolute Gasteiger partial charge is 0.309 e. The van der Waals surface area contributed by atoms with Gasteiger partial charge in [0.05, 0.1) is 6.10 Å². The molecule has 0 bridgehead atoms. The van der Waals surface area contributed by atoms with Crippen LogP contribution in [-0.2, 0) is 14.3 Å². The predicted molar refractivity (Wildman–Crippen MR) is 63.4 cm³/mol. The fourth-order valence-corrected chi connectivity index (χ4v) is 1.03. The van der Waals surface area contributed by atoms with Crippen LogP contribution in [0.5, 0.6) is 0 Å². The van der Waals surface area contributed by atoms with E-state index >= 15 is 0 Å². The average molecular weight is 246 g/mol. The largest absolute Gasteiger partial charge is 0.396 e. The van der Waals surface area contributed by atoms with Gasteiger partial charge in [-0.3, -0.25) is 9.59 Å². The molecule has 0 spiro atoms. The lowest BCUT2D eigenvalue weighted by atomic mass is 10.4. The number of carbonyl (C=O) groups is 2. The minimum absolute atomic E-state index is 0.00552. The van der Waals surface area contributed by atoms with Crippen LogP contribution in [0.4, 0.5) is 0 Å². The molecular weight excluding hydrogens is 224 g/mol. The maximum Gasteiger partial charge on any atom is 0.309 e. The molecule has 0 saturated heterocycles. The van der Waals surface area contributed by atoms with Crippen LogP contribution in [0.25, 0.3) is 0 Å². The van der Waals surface area contributed by atoms with Crippen molar-refractivity contribution >= 4 is 11.8 Å². The lowest BCUT2D eigenvalue weighted by Gasteiger charge is -2.08. The van der Waals surface area contributed by atoms with Crippen molar-refractivity contribution in [3.63, 3.8) is 0 Å². The molecule has 17 heavy (non-hydrogen) atoms. The minimum atomic E-state index is -0.664. The van der Waals surface area contributed by atoms with E-state index in [4.69, 9.17) is 9.84 Å². The third-order valence-electron chi connectivity index (χ3n) is 1.88. The Bertz CT molecular complexity index is 232. The zero-order chi connectivity index (χ0) is 13.1. The third-order valence-corrected chi connectivity index (χ3v) is 1.88. The quantitative estimate of drug-likeness (QED) is 0.395. The Labute approximate surface area is 102 Å². The SMILES string of the molecule is CC(C)OCCCNC(=O)C(=O)NCCCO. The molecule has 0 aliphatic heterocycles. The minimum Gasteiger partial charge on any atom is -0.396 e. The van der Waals surface area contributed by atoms with E-state index in [0.29, 0.717) is 32.5 Å². The van der Waals surface area contributed by atoms with Crippen LogP contribution in [0.3, 0.4) is 0 Å². The highest BCUT2D eigenvalue weighted by atomic mass is 16.5. The first-order valence-corrected chi connectivity index (χ1v) is 5.86. The number of ether oxygens (including phenoxy) is 1. The molecule has 6 heteroatoms. The van der Waals surface area contributed by atoms with E-state index < -0.39 is 11.8 Å². The molecule has 0 atom stereocenters. The van der Waals surface area contributed by atoms with Crippen LogP contribution in [-0.4, -0.2) is 49.3 Å². The number of aliphatic hydroxyl groups excluding tert-OH is 1. The Morgan fingerprint density at radius 2 is 1.65 bits per heavy atom. The van der Waals surface area contributed by atoms with Crippen LogP contribution in [0.1, 0.15) is 26.7 Å². The summed E-state index contributed by atoms with van der Waals surface area (Å²) in [4.78, 5) is 22.4. The highest BCUT2D eigenvalue weighted by Crippen LogP contribution is 1.89. The van der Waals surface area contributed by atoms with Crippen LogP contribution in [0, 0.1) is 0 Å². The average Bonchev–Trinajstić information content (AvgIpc) is 2.28. The molecule has 6 nitrogen and oxygen atoms in total. The van der Waals surface area contributed by atoms with E-state index in [1.807, 2.05) is 13.8 Å². The first kappa shape index (κ1) is 15.9. The maximum atomic E-state index is 11.2. The summed E-state index contributed by atoms with van der Waals surface area (Å²) >= 11 is 0. The Balaban J connectivity index is 3.47. The fourth-order valence-electron chi connectivity index (χ4n) is 1.03. The molecule has 0 aliphatic carbocycles. The monoisotopic (exact) mass is 246 g/mol. The van der Waals surface area contributed by atoms with E-state index in [0.717, 1.165) is 0 Å². The van der Waals surface area contributed by atoms with Gasteiger partial charge in [-0.15, -0.1) is 0 Å². The van der Waals surface area contributed by atoms with E-state index in [1.54, 1.807) is 0 Å². The lowest BCUT2D eigenvalue weighted by molar-refractivity contribution is -0.139. The van der Waals surface area contributed by atoms with Crippen molar-refractivity contribution in [2.24, 2.45) is 0 Å². The second kappa shape index (κ2) is 10.0. The van der Waals surface area contributed by atoms with Crippen molar-refractivity contribution in [3.05, 3.63) is 0 Å². The normalized spacial score (nSPS) is 10.4. The van der Waals surface area contributed by atoms with Gasteiger partial charge in [0, 0.05) is 26.3 Å². The number of hydrogen-bond acceptors (Lipinski definition) is 4. The Morgan fingerprint density at radius 3 is 2.12 bits per heavy atom. The van der Waals surface area contributed by atoms with Crippen molar-refractivity contribution in [1.82, 2.24) is 10.6 Å². The van der Waals surface area contributed by atoms with Crippen LogP contribution in [0.15, 0.2) is 0 Å². The number of amides is 2. The van der Waals surface area contributed by atoms with Gasteiger partial charge in [0.25, 0.3) is 0 Å². The van der Waals surface area contributed by atoms with Gasteiger partial charge in [0.15, 0.2) is 0 Å². The molecule has 0 rings (SSSR count). The molecule has 0 aromatic heterocycles. The summed E-state index contributed by atoms with van der Waals surface area (Å²) in [5.41, 5.74) is 0. The lowest BCUT2D eigenvalue weighted by Crippen LogP contribution is -2.40. The van der Waals surface area contributed by atoms with E-state index in [-0.39, 0.29) is 12.7 Å². The van der Waals surface area contributed by atoms with Gasteiger partial charge in [0.1, 0.15) is 0 Å². The molecule has 0 unspecified atom stereocenters. The van der Waals surface area contributed by atoms with Crippen LogP contribution in [0.2, 0.25) is 0 Å². The Kier molecular flexibility index (Phi) is 9.37. The maximum absolute atomic E-state index is 11.2. The molecule has 0 aromatic rings. The molecule has 0 aliphatic rings. The zero-order valence-corrected chi connectivity index (χ0v) is 10.5. The van der Waals surface area contributed by atoms with Gasteiger partial charge >= 0.3 is 11.8 Å². The standard InChI is InChI=1S/C11H22N2O4/c1-9(2)17-8-4-6-13-11(16)10(15)12-5-3-7-14/h9,14H,3-8H2,1-2H3,(H,12,15)(H,13,16). The molecule has 3 N–H and O–H groups in total.